The highest BCUT2D eigenvalue weighted by molar-refractivity contribution is 7.14. The van der Waals surface area contributed by atoms with Crippen LogP contribution in [0.25, 0.3) is 10.6 Å². The Balaban J connectivity index is 1.45. The molecule has 1 aromatic carbocycles. The number of Topliss-reactive ketones (excluding diaryl/α,β-unsaturated/α-hetero) is 1. The average Bonchev–Trinajstić information content (AvgIpc) is 3.29. The minimum atomic E-state index is -0.410. The van der Waals surface area contributed by atoms with Gasteiger partial charge in [-0.05, 0) is 35.7 Å². The van der Waals surface area contributed by atoms with Gasteiger partial charge in [-0.1, -0.05) is 11.6 Å². The molecule has 0 atom stereocenters. The summed E-state index contributed by atoms with van der Waals surface area (Å²) in [5.74, 6) is -0.519. The number of carbonyl (C=O) groups excluding carboxylic acids is 2. The van der Waals surface area contributed by atoms with Crippen molar-refractivity contribution >= 4 is 46.0 Å². The van der Waals surface area contributed by atoms with Crippen LogP contribution in [0.4, 0.5) is 0 Å². The predicted molar refractivity (Wildman–Crippen MR) is 100 cm³/mol. The molecule has 25 heavy (non-hydrogen) atoms. The van der Waals surface area contributed by atoms with Crippen LogP contribution in [0.3, 0.4) is 0 Å². The molecule has 3 rings (SSSR count). The maximum absolute atomic E-state index is 12.0. The van der Waals surface area contributed by atoms with Crippen LogP contribution >= 0.6 is 34.3 Å². The number of hydrogen-bond acceptors (Lipinski definition) is 6. The quantitative estimate of drug-likeness (QED) is 0.408. The molecule has 0 aliphatic rings. The monoisotopic (exact) mass is 391 g/mol. The van der Waals surface area contributed by atoms with E-state index in [4.69, 9.17) is 16.3 Å². The summed E-state index contributed by atoms with van der Waals surface area (Å²) in [4.78, 5) is 28.3. The third-order valence-corrected chi connectivity index (χ3v) is 5.30. The number of hydrogen-bond donors (Lipinski definition) is 0. The molecule has 4 nitrogen and oxygen atoms in total. The number of ether oxygens (including phenoxy) is 1. The first-order valence-corrected chi connectivity index (χ1v) is 9.73. The molecule has 0 saturated heterocycles. The minimum Gasteiger partial charge on any atom is -0.459 e. The number of thiophene rings is 1. The number of carbonyl (C=O) groups is 2. The third kappa shape index (κ3) is 4.98. The van der Waals surface area contributed by atoms with E-state index in [0.29, 0.717) is 16.3 Å². The molecule has 0 radical (unpaired) electrons. The summed E-state index contributed by atoms with van der Waals surface area (Å²) in [5.41, 5.74) is 2.32. The lowest BCUT2D eigenvalue weighted by molar-refractivity contribution is -0.145. The average molecular weight is 392 g/mol. The van der Waals surface area contributed by atoms with Crippen LogP contribution in [0.2, 0.25) is 5.02 Å². The molecule has 0 bridgehead atoms. The molecule has 0 N–H and O–H groups in total. The third-order valence-electron chi connectivity index (χ3n) is 3.42. The second-order valence-corrected chi connectivity index (χ2v) is 7.32. The van der Waals surface area contributed by atoms with Gasteiger partial charge in [0.25, 0.3) is 0 Å². The Hall–Kier alpha value is -2.02. The van der Waals surface area contributed by atoms with E-state index in [9.17, 15) is 9.59 Å². The van der Waals surface area contributed by atoms with Crippen molar-refractivity contribution < 1.29 is 14.3 Å². The maximum Gasteiger partial charge on any atom is 0.306 e. The summed E-state index contributed by atoms with van der Waals surface area (Å²) in [5, 5.41) is 7.37. The van der Waals surface area contributed by atoms with Crippen LogP contribution in [0.5, 0.6) is 0 Å². The van der Waals surface area contributed by atoms with E-state index in [1.165, 1.54) is 11.3 Å². The lowest BCUT2D eigenvalue weighted by Gasteiger charge is -2.03. The fourth-order valence-corrected chi connectivity index (χ4v) is 3.76. The predicted octanol–water partition coefficient (Wildman–Crippen LogP) is 5.23. The molecule has 128 valence electrons. The molecule has 2 aromatic heterocycles. The molecule has 0 saturated carbocycles. The van der Waals surface area contributed by atoms with Gasteiger partial charge in [-0.2, -0.15) is 11.3 Å². The van der Waals surface area contributed by atoms with Crippen molar-refractivity contribution in [2.24, 2.45) is 0 Å². The lowest BCUT2D eigenvalue weighted by atomic mass is 10.1. The van der Waals surface area contributed by atoms with Gasteiger partial charge in [0.2, 0.25) is 0 Å². The number of rotatable bonds is 7. The summed E-state index contributed by atoms with van der Waals surface area (Å²) in [6.45, 7) is 0.120. The summed E-state index contributed by atoms with van der Waals surface area (Å²) in [6, 6.07) is 8.61. The zero-order chi connectivity index (χ0) is 17.6. The molecule has 0 aliphatic heterocycles. The second-order valence-electron chi connectivity index (χ2n) is 5.25. The standard InChI is InChI=1S/C18H14ClNO3S2/c19-14-3-1-12(2-4-14)16(21)5-6-17(22)23-9-15-11-25-18(20-15)13-7-8-24-10-13/h1-4,7-8,10-11H,5-6,9H2. The highest BCUT2D eigenvalue weighted by Crippen LogP contribution is 2.25. The first-order valence-electron chi connectivity index (χ1n) is 7.53. The fraction of sp³-hybridized carbons (Fsp3) is 0.167. The van der Waals surface area contributed by atoms with E-state index in [1.54, 1.807) is 35.6 Å². The fourth-order valence-electron chi connectivity index (χ4n) is 2.11. The first kappa shape index (κ1) is 17.8. The summed E-state index contributed by atoms with van der Waals surface area (Å²) < 4.78 is 5.20. The van der Waals surface area contributed by atoms with E-state index in [-0.39, 0.29) is 25.2 Å². The van der Waals surface area contributed by atoms with Crippen LogP contribution < -0.4 is 0 Å². The Morgan fingerprint density at radius 1 is 1.08 bits per heavy atom. The SMILES string of the molecule is O=C(CCC(=O)c1ccc(Cl)cc1)OCc1csc(-c2ccsc2)n1. The van der Waals surface area contributed by atoms with E-state index in [2.05, 4.69) is 4.98 Å². The van der Waals surface area contributed by atoms with Crippen LogP contribution in [0.15, 0.2) is 46.5 Å². The van der Waals surface area contributed by atoms with Gasteiger partial charge >= 0.3 is 5.97 Å². The summed E-state index contributed by atoms with van der Waals surface area (Å²) in [6.07, 6.45) is 0.153. The molecule has 0 aliphatic carbocycles. The van der Waals surface area contributed by atoms with Gasteiger partial charge < -0.3 is 4.74 Å². The normalized spacial score (nSPS) is 10.6. The van der Waals surface area contributed by atoms with Gasteiger partial charge in [0.1, 0.15) is 11.6 Å². The molecule has 0 unspecified atom stereocenters. The smallest absolute Gasteiger partial charge is 0.306 e. The second kappa shape index (κ2) is 8.38. The molecule has 0 amide bonds. The molecule has 0 fully saturated rings. The Labute approximate surface area is 158 Å². The van der Waals surface area contributed by atoms with Crippen molar-refractivity contribution in [3.05, 3.63) is 62.8 Å². The van der Waals surface area contributed by atoms with E-state index in [1.807, 2.05) is 22.2 Å². The zero-order valence-corrected chi connectivity index (χ0v) is 15.5. The first-order chi connectivity index (χ1) is 12.1. The minimum absolute atomic E-state index is 0.0446. The van der Waals surface area contributed by atoms with E-state index in [0.717, 1.165) is 10.6 Å². The number of thiazole rings is 1. The molecule has 0 spiro atoms. The molecule has 7 heteroatoms. The molecule has 2 heterocycles. The van der Waals surface area contributed by atoms with Gasteiger partial charge in [-0.3, -0.25) is 9.59 Å². The zero-order valence-electron chi connectivity index (χ0n) is 13.1. The number of nitrogens with zero attached hydrogens (tertiary/aromatic N) is 1. The number of esters is 1. The van der Waals surface area contributed by atoms with Crippen LogP contribution in [-0.2, 0) is 16.1 Å². The van der Waals surface area contributed by atoms with Crippen LogP contribution in [0.1, 0.15) is 28.9 Å². The van der Waals surface area contributed by atoms with Gasteiger partial charge in [0, 0.05) is 33.3 Å². The highest BCUT2D eigenvalue weighted by atomic mass is 35.5. The van der Waals surface area contributed by atoms with Crippen molar-refractivity contribution in [2.45, 2.75) is 19.4 Å². The van der Waals surface area contributed by atoms with Crippen molar-refractivity contribution in [1.29, 1.82) is 0 Å². The summed E-state index contributed by atoms with van der Waals surface area (Å²) >= 11 is 8.91. The van der Waals surface area contributed by atoms with Crippen molar-refractivity contribution in [1.82, 2.24) is 4.98 Å². The Bertz CT molecular complexity index is 857. The Kier molecular flexibility index (Phi) is 5.96. The van der Waals surface area contributed by atoms with Gasteiger partial charge in [0.05, 0.1) is 12.1 Å². The maximum atomic E-state index is 12.0. The van der Waals surface area contributed by atoms with Crippen molar-refractivity contribution in [2.75, 3.05) is 0 Å². The van der Waals surface area contributed by atoms with Crippen molar-refractivity contribution in [3.8, 4) is 10.6 Å². The molecule has 3 aromatic rings. The lowest BCUT2D eigenvalue weighted by Crippen LogP contribution is -2.08. The van der Waals surface area contributed by atoms with Gasteiger partial charge in [0.15, 0.2) is 5.78 Å². The topological polar surface area (TPSA) is 56.3 Å². The van der Waals surface area contributed by atoms with E-state index < -0.39 is 5.97 Å². The Morgan fingerprint density at radius 2 is 1.88 bits per heavy atom. The number of halogens is 1. The number of ketones is 1. The highest BCUT2D eigenvalue weighted by Gasteiger charge is 2.12. The van der Waals surface area contributed by atoms with Gasteiger partial charge in [-0.25, -0.2) is 4.98 Å². The summed E-state index contributed by atoms with van der Waals surface area (Å²) in [7, 11) is 0. The van der Waals surface area contributed by atoms with Crippen LogP contribution in [0, 0.1) is 0 Å². The number of aromatic nitrogens is 1. The van der Waals surface area contributed by atoms with Crippen LogP contribution in [-0.4, -0.2) is 16.7 Å². The molecular weight excluding hydrogens is 378 g/mol. The largest absolute Gasteiger partial charge is 0.459 e. The Morgan fingerprint density at radius 3 is 2.60 bits per heavy atom. The van der Waals surface area contributed by atoms with Crippen molar-refractivity contribution in [3.63, 3.8) is 0 Å². The molecular formula is C18H14ClNO3S2. The van der Waals surface area contributed by atoms with Gasteiger partial charge in [-0.15, -0.1) is 11.3 Å². The van der Waals surface area contributed by atoms with E-state index >= 15 is 0 Å². The number of benzene rings is 1.